The molecule has 1 fully saturated rings. The van der Waals surface area contributed by atoms with E-state index in [4.69, 9.17) is 4.74 Å². The van der Waals surface area contributed by atoms with E-state index in [1.807, 2.05) is 12.1 Å². The second kappa shape index (κ2) is 7.16. The molecule has 0 aromatic carbocycles. The average molecular weight is 381 g/mol. The molecule has 2 atom stereocenters. The summed E-state index contributed by atoms with van der Waals surface area (Å²) in [6.45, 7) is 7.12. The maximum atomic E-state index is 12.4. The predicted molar refractivity (Wildman–Crippen MR) is 104 cm³/mol. The van der Waals surface area contributed by atoms with Crippen LogP contribution in [0.2, 0.25) is 0 Å². The van der Waals surface area contributed by atoms with E-state index < -0.39 is 0 Å². The molecule has 146 valence electrons. The molecule has 1 saturated heterocycles. The Balaban J connectivity index is 1.57. The molecule has 3 aromatic rings. The first-order valence-electron chi connectivity index (χ1n) is 9.20. The summed E-state index contributed by atoms with van der Waals surface area (Å²) >= 11 is 0. The Kier molecular flexibility index (Phi) is 4.68. The number of nitrogens with zero attached hydrogens (tertiary/aromatic N) is 6. The molecule has 28 heavy (non-hydrogen) atoms. The predicted octanol–water partition coefficient (Wildman–Crippen LogP) is 1.57. The zero-order valence-corrected chi connectivity index (χ0v) is 16.1. The molecule has 4 rings (SSSR count). The molecule has 4 heterocycles. The van der Waals surface area contributed by atoms with Crippen LogP contribution in [0, 0.1) is 0 Å². The molecule has 0 saturated carbocycles. The van der Waals surface area contributed by atoms with Crippen LogP contribution in [0.5, 0.6) is 0 Å². The summed E-state index contributed by atoms with van der Waals surface area (Å²) in [4.78, 5) is 12.4. The third kappa shape index (κ3) is 3.65. The molecule has 0 radical (unpaired) electrons. The van der Waals surface area contributed by atoms with Crippen LogP contribution in [-0.4, -0.2) is 49.0 Å². The van der Waals surface area contributed by atoms with Crippen molar-refractivity contribution in [2.24, 2.45) is 0 Å². The summed E-state index contributed by atoms with van der Waals surface area (Å²) in [5.74, 6) is 1.22. The molecule has 9 heteroatoms. The first-order chi connectivity index (χ1) is 13.4. The fraction of sp³-hybridized carbons (Fsp3) is 0.421. The van der Waals surface area contributed by atoms with Gasteiger partial charge in [0.25, 0.3) is 5.56 Å². The molecule has 3 aromatic heterocycles. The highest BCUT2D eigenvalue weighted by Crippen LogP contribution is 2.23. The Morgan fingerprint density at radius 1 is 1.14 bits per heavy atom. The lowest BCUT2D eigenvalue weighted by Crippen LogP contribution is -2.37. The van der Waals surface area contributed by atoms with Gasteiger partial charge in [-0.25, -0.2) is 9.36 Å². The van der Waals surface area contributed by atoms with Gasteiger partial charge in [-0.05, 0) is 24.3 Å². The van der Waals surface area contributed by atoms with Crippen LogP contribution in [0.3, 0.4) is 0 Å². The van der Waals surface area contributed by atoms with Gasteiger partial charge in [-0.15, -0.1) is 10.2 Å². The van der Waals surface area contributed by atoms with E-state index in [0.717, 1.165) is 5.69 Å². The van der Waals surface area contributed by atoms with Crippen molar-refractivity contribution in [1.29, 1.82) is 0 Å². The van der Waals surface area contributed by atoms with Crippen LogP contribution in [-0.2, 0) is 10.2 Å². The highest BCUT2D eigenvalue weighted by Gasteiger charge is 2.32. The molecule has 0 aliphatic carbocycles. The smallest absolute Gasteiger partial charge is 0.267 e. The van der Waals surface area contributed by atoms with Crippen LogP contribution < -0.4 is 10.9 Å². The zero-order chi connectivity index (χ0) is 19.7. The Hall–Kier alpha value is -3.07. The molecule has 0 spiro atoms. The summed E-state index contributed by atoms with van der Waals surface area (Å²) < 4.78 is 8.70. The first-order valence-corrected chi connectivity index (χ1v) is 9.20. The Morgan fingerprint density at radius 3 is 2.68 bits per heavy atom. The van der Waals surface area contributed by atoms with Gasteiger partial charge in [0.15, 0.2) is 5.82 Å². The summed E-state index contributed by atoms with van der Waals surface area (Å²) in [5.41, 5.74) is 0.670. The Bertz CT molecular complexity index is 990. The summed E-state index contributed by atoms with van der Waals surface area (Å²) in [7, 11) is 0. The highest BCUT2D eigenvalue weighted by atomic mass is 16.5. The van der Waals surface area contributed by atoms with Crippen LogP contribution in [0.15, 0.2) is 47.5 Å². The van der Waals surface area contributed by atoms with E-state index in [9.17, 15) is 4.79 Å². The van der Waals surface area contributed by atoms with Gasteiger partial charge in [-0.3, -0.25) is 4.79 Å². The molecule has 0 amide bonds. The maximum absolute atomic E-state index is 12.4. The van der Waals surface area contributed by atoms with Crippen molar-refractivity contribution < 1.29 is 4.74 Å². The Morgan fingerprint density at radius 2 is 2.00 bits per heavy atom. The zero-order valence-electron chi connectivity index (χ0n) is 16.1. The highest BCUT2D eigenvalue weighted by molar-refractivity contribution is 5.36. The van der Waals surface area contributed by atoms with Crippen molar-refractivity contribution >= 4 is 5.82 Å². The quantitative estimate of drug-likeness (QED) is 0.732. The normalized spacial score (nSPS) is 19.7. The monoisotopic (exact) mass is 381 g/mol. The topological polar surface area (TPSA) is 99.8 Å². The van der Waals surface area contributed by atoms with Gasteiger partial charge in [0.2, 0.25) is 0 Å². The van der Waals surface area contributed by atoms with Gasteiger partial charge in [-0.2, -0.15) is 10.2 Å². The van der Waals surface area contributed by atoms with Gasteiger partial charge < -0.3 is 10.1 Å². The third-order valence-corrected chi connectivity index (χ3v) is 4.68. The molecule has 9 nitrogen and oxygen atoms in total. The number of aromatic nitrogens is 6. The lowest BCUT2D eigenvalue weighted by atomic mass is 9.92. The standard InChI is InChI=1S/C19H23N7O2/c1-19(2,3)15-5-6-16(23-22-15)21-13-11-28-12-14(13)26-18(27)8-7-17(24-26)25-10-4-9-20-25/h4-10,13-14H,11-12H2,1-3H3,(H,21,23). The molecular weight excluding hydrogens is 358 g/mol. The number of nitrogens with one attached hydrogen (secondary N) is 1. The molecule has 1 aliphatic rings. The largest absolute Gasteiger partial charge is 0.377 e. The van der Waals surface area contributed by atoms with Crippen molar-refractivity contribution in [1.82, 2.24) is 29.8 Å². The fourth-order valence-electron chi connectivity index (χ4n) is 3.10. The van der Waals surface area contributed by atoms with Crippen molar-refractivity contribution in [2.75, 3.05) is 18.5 Å². The van der Waals surface area contributed by atoms with Crippen LogP contribution in [0.25, 0.3) is 5.82 Å². The van der Waals surface area contributed by atoms with Crippen LogP contribution in [0.4, 0.5) is 5.82 Å². The minimum absolute atomic E-state index is 0.0608. The number of hydrogen-bond acceptors (Lipinski definition) is 7. The van der Waals surface area contributed by atoms with Crippen molar-refractivity contribution in [2.45, 2.75) is 38.3 Å². The van der Waals surface area contributed by atoms with E-state index in [2.05, 4.69) is 46.5 Å². The maximum Gasteiger partial charge on any atom is 0.267 e. The number of anilines is 1. The molecule has 0 bridgehead atoms. The third-order valence-electron chi connectivity index (χ3n) is 4.68. The number of hydrogen-bond donors (Lipinski definition) is 1. The van der Waals surface area contributed by atoms with Crippen LogP contribution >= 0.6 is 0 Å². The number of ether oxygens (including phenoxy) is 1. The summed E-state index contributed by atoms with van der Waals surface area (Å²) in [5, 5.41) is 20.6. The fourth-order valence-corrected chi connectivity index (χ4v) is 3.10. The lowest BCUT2D eigenvalue weighted by molar-refractivity contribution is 0.182. The van der Waals surface area contributed by atoms with E-state index >= 15 is 0 Å². The summed E-state index contributed by atoms with van der Waals surface area (Å²) in [6.07, 6.45) is 3.45. The summed E-state index contributed by atoms with van der Waals surface area (Å²) in [6, 6.07) is 8.42. The minimum atomic E-state index is -0.257. The van der Waals surface area contributed by atoms with E-state index in [0.29, 0.717) is 24.8 Å². The SMILES string of the molecule is CC(C)(C)c1ccc(NC2COCC2n2nc(-n3cccn3)ccc2=O)nn1. The average Bonchev–Trinajstić information content (AvgIpc) is 3.34. The van der Waals surface area contributed by atoms with Crippen LogP contribution in [0.1, 0.15) is 32.5 Å². The van der Waals surface area contributed by atoms with Crippen molar-refractivity contribution in [3.8, 4) is 5.82 Å². The van der Waals surface area contributed by atoms with Gasteiger partial charge in [0, 0.05) is 23.9 Å². The van der Waals surface area contributed by atoms with Gasteiger partial charge in [0.1, 0.15) is 11.9 Å². The number of rotatable bonds is 4. The van der Waals surface area contributed by atoms with Crippen molar-refractivity contribution in [3.63, 3.8) is 0 Å². The minimum Gasteiger partial charge on any atom is -0.377 e. The second-order valence-corrected chi connectivity index (χ2v) is 7.83. The van der Waals surface area contributed by atoms with E-state index in [1.54, 1.807) is 29.2 Å². The van der Waals surface area contributed by atoms with Crippen molar-refractivity contribution in [3.05, 3.63) is 58.8 Å². The molecule has 1 aliphatic heterocycles. The first kappa shape index (κ1) is 18.3. The van der Waals surface area contributed by atoms with Gasteiger partial charge in [-0.1, -0.05) is 20.8 Å². The second-order valence-electron chi connectivity index (χ2n) is 7.83. The van der Waals surface area contributed by atoms with E-state index in [-0.39, 0.29) is 23.1 Å². The van der Waals surface area contributed by atoms with E-state index in [1.165, 1.54) is 10.7 Å². The van der Waals surface area contributed by atoms with Gasteiger partial charge in [0.05, 0.1) is 24.9 Å². The lowest BCUT2D eigenvalue weighted by Gasteiger charge is -2.21. The molecular formula is C19H23N7O2. The molecule has 2 unspecified atom stereocenters. The van der Waals surface area contributed by atoms with Gasteiger partial charge >= 0.3 is 0 Å². The molecule has 1 N–H and O–H groups in total. The Labute approximate surface area is 162 Å².